The van der Waals surface area contributed by atoms with Gasteiger partial charge >= 0.3 is 12.1 Å². The maximum atomic E-state index is 12.4. The van der Waals surface area contributed by atoms with Gasteiger partial charge in [0.25, 0.3) is 0 Å². The van der Waals surface area contributed by atoms with Crippen LogP contribution in [0.4, 0.5) is 4.79 Å². The first-order chi connectivity index (χ1) is 11.3. The van der Waals surface area contributed by atoms with E-state index < -0.39 is 23.8 Å². The fraction of sp³-hybridized carbons (Fsp3) is 0.556. The minimum absolute atomic E-state index is 0.308. The quantitative estimate of drug-likeness (QED) is 0.795. The lowest BCUT2D eigenvalue weighted by Crippen LogP contribution is -2.55. The molecule has 0 spiro atoms. The van der Waals surface area contributed by atoms with Gasteiger partial charge in [0.05, 0.1) is 24.8 Å². The number of benzene rings is 1. The van der Waals surface area contributed by atoms with Crippen molar-refractivity contribution in [2.24, 2.45) is 0 Å². The van der Waals surface area contributed by atoms with Crippen LogP contribution in [0.15, 0.2) is 30.3 Å². The van der Waals surface area contributed by atoms with Gasteiger partial charge in [0, 0.05) is 6.54 Å². The minimum Gasteiger partial charge on any atom is -0.457 e. The summed E-state index contributed by atoms with van der Waals surface area (Å²) in [6.07, 6.45) is -0.927. The van der Waals surface area contributed by atoms with Crippen molar-refractivity contribution < 1.29 is 23.8 Å². The number of hydrogen-bond donors (Lipinski definition) is 0. The Balaban J connectivity index is 2.03. The van der Waals surface area contributed by atoms with E-state index in [0.29, 0.717) is 25.3 Å². The van der Waals surface area contributed by atoms with E-state index in [1.165, 1.54) is 0 Å². The molecule has 6 heteroatoms. The molecule has 0 N–H and O–H groups in total. The van der Waals surface area contributed by atoms with Crippen molar-refractivity contribution in [3.05, 3.63) is 35.9 Å². The van der Waals surface area contributed by atoms with Crippen LogP contribution in [0, 0.1) is 0 Å². The van der Waals surface area contributed by atoms with E-state index in [-0.39, 0.29) is 6.04 Å². The average Bonchev–Trinajstić information content (AvgIpc) is 2.54. The minimum atomic E-state index is -0.579. The Bertz CT molecular complexity index is 567. The van der Waals surface area contributed by atoms with Gasteiger partial charge in [-0.3, -0.25) is 4.90 Å². The van der Waals surface area contributed by atoms with Gasteiger partial charge in [-0.05, 0) is 39.8 Å². The third kappa shape index (κ3) is 4.96. The Morgan fingerprint density at radius 1 is 1.25 bits per heavy atom. The standard InChI is InChI=1S/C18H25NO5/c1-13(23-16(20)14-8-6-5-7-9-14)15-12-22-11-10-19(15)17(21)24-18(2,3)4/h5-9,13,15H,10-12H2,1-4H3/t13-,15-/m0/s1. The first-order valence-corrected chi connectivity index (χ1v) is 8.11. The van der Waals surface area contributed by atoms with Crippen molar-refractivity contribution in [3.63, 3.8) is 0 Å². The number of rotatable bonds is 3. The van der Waals surface area contributed by atoms with E-state index in [9.17, 15) is 9.59 Å². The summed E-state index contributed by atoms with van der Waals surface area (Å²) in [5.74, 6) is -0.419. The summed E-state index contributed by atoms with van der Waals surface area (Å²) in [6, 6.07) is 8.40. The third-order valence-electron chi connectivity index (χ3n) is 3.64. The van der Waals surface area contributed by atoms with Crippen LogP contribution in [0.2, 0.25) is 0 Å². The van der Waals surface area contributed by atoms with Crippen molar-refractivity contribution in [2.45, 2.75) is 45.4 Å². The smallest absolute Gasteiger partial charge is 0.410 e. The van der Waals surface area contributed by atoms with Gasteiger partial charge in [-0.2, -0.15) is 0 Å². The molecular formula is C18H25NO5. The Morgan fingerprint density at radius 3 is 2.54 bits per heavy atom. The zero-order chi connectivity index (χ0) is 17.7. The van der Waals surface area contributed by atoms with Crippen molar-refractivity contribution >= 4 is 12.1 Å². The number of nitrogens with zero attached hydrogens (tertiary/aromatic N) is 1. The molecule has 132 valence electrons. The van der Waals surface area contributed by atoms with Crippen LogP contribution in [0.3, 0.4) is 0 Å². The van der Waals surface area contributed by atoms with Gasteiger partial charge in [0.2, 0.25) is 0 Å². The highest BCUT2D eigenvalue weighted by atomic mass is 16.6. The highest BCUT2D eigenvalue weighted by Crippen LogP contribution is 2.19. The van der Waals surface area contributed by atoms with Gasteiger partial charge in [0.1, 0.15) is 11.7 Å². The van der Waals surface area contributed by atoms with E-state index in [1.807, 2.05) is 26.8 Å². The fourth-order valence-electron chi connectivity index (χ4n) is 2.45. The maximum absolute atomic E-state index is 12.4. The van der Waals surface area contributed by atoms with Crippen LogP contribution >= 0.6 is 0 Å². The Hall–Kier alpha value is -2.08. The average molecular weight is 335 g/mol. The van der Waals surface area contributed by atoms with Gasteiger partial charge in [-0.15, -0.1) is 0 Å². The predicted octanol–water partition coefficient (Wildman–Crippen LogP) is 2.87. The summed E-state index contributed by atoms with van der Waals surface area (Å²) in [6.45, 7) is 8.37. The molecule has 1 aliphatic rings. The number of amides is 1. The highest BCUT2D eigenvalue weighted by molar-refractivity contribution is 5.89. The van der Waals surface area contributed by atoms with Gasteiger partial charge in [-0.25, -0.2) is 9.59 Å². The molecule has 1 heterocycles. The number of carbonyl (C=O) groups is 2. The van der Waals surface area contributed by atoms with Crippen LogP contribution in [0.25, 0.3) is 0 Å². The van der Waals surface area contributed by atoms with Crippen LogP contribution in [-0.4, -0.2) is 54.5 Å². The number of esters is 1. The molecule has 1 saturated heterocycles. The summed E-state index contributed by atoms with van der Waals surface area (Å²) < 4.78 is 16.4. The molecule has 2 atom stereocenters. The zero-order valence-electron chi connectivity index (χ0n) is 14.7. The van der Waals surface area contributed by atoms with Crippen LogP contribution in [-0.2, 0) is 14.2 Å². The molecule has 1 aromatic carbocycles. The number of ether oxygens (including phenoxy) is 3. The third-order valence-corrected chi connectivity index (χ3v) is 3.64. The molecule has 0 saturated carbocycles. The van der Waals surface area contributed by atoms with E-state index in [0.717, 1.165) is 0 Å². The second kappa shape index (κ2) is 7.66. The molecule has 0 unspecified atom stereocenters. The molecule has 1 fully saturated rings. The van der Waals surface area contributed by atoms with Gasteiger partial charge in [0.15, 0.2) is 0 Å². The van der Waals surface area contributed by atoms with Crippen LogP contribution in [0.5, 0.6) is 0 Å². The molecule has 2 rings (SSSR count). The Morgan fingerprint density at radius 2 is 1.92 bits per heavy atom. The second-order valence-corrected chi connectivity index (χ2v) is 6.79. The van der Waals surface area contributed by atoms with E-state index in [2.05, 4.69) is 0 Å². The fourth-order valence-corrected chi connectivity index (χ4v) is 2.45. The van der Waals surface area contributed by atoms with Crippen LogP contribution in [0.1, 0.15) is 38.1 Å². The van der Waals surface area contributed by atoms with E-state index in [1.54, 1.807) is 36.1 Å². The molecule has 24 heavy (non-hydrogen) atoms. The van der Waals surface area contributed by atoms with E-state index in [4.69, 9.17) is 14.2 Å². The molecule has 6 nitrogen and oxygen atoms in total. The molecular weight excluding hydrogens is 310 g/mol. The lowest BCUT2D eigenvalue weighted by molar-refractivity contribution is -0.0684. The topological polar surface area (TPSA) is 65.1 Å². The molecule has 0 radical (unpaired) electrons. The Kier molecular flexibility index (Phi) is 5.83. The summed E-state index contributed by atoms with van der Waals surface area (Å²) in [4.78, 5) is 26.2. The number of hydrogen-bond acceptors (Lipinski definition) is 5. The van der Waals surface area contributed by atoms with Crippen LogP contribution < -0.4 is 0 Å². The lowest BCUT2D eigenvalue weighted by Gasteiger charge is -2.38. The summed E-state index contributed by atoms with van der Waals surface area (Å²) >= 11 is 0. The maximum Gasteiger partial charge on any atom is 0.410 e. The Labute approximate surface area is 142 Å². The van der Waals surface area contributed by atoms with E-state index >= 15 is 0 Å². The molecule has 1 amide bonds. The van der Waals surface area contributed by atoms with Crippen molar-refractivity contribution in [1.82, 2.24) is 4.90 Å². The molecule has 0 aliphatic carbocycles. The number of carbonyl (C=O) groups excluding carboxylic acids is 2. The first kappa shape index (κ1) is 18.3. The molecule has 1 aliphatic heterocycles. The molecule has 0 aromatic heterocycles. The van der Waals surface area contributed by atoms with Crippen molar-refractivity contribution in [3.8, 4) is 0 Å². The predicted molar refractivity (Wildman–Crippen MR) is 88.9 cm³/mol. The van der Waals surface area contributed by atoms with Crippen molar-refractivity contribution in [1.29, 1.82) is 0 Å². The normalized spacial score (nSPS) is 19.5. The molecule has 0 bridgehead atoms. The summed E-state index contributed by atoms with van der Waals surface area (Å²) in [5.41, 5.74) is -0.103. The van der Waals surface area contributed by atoms with Crippen molar-refractivity contribution in [2.75, 3.05) is 19.8 Å². The summed E-state index contributed by atoms with van der Waals surface area (Å²) in [7, 11) is 0. The second-order valence-electron chi connectivity index (χ2n) is 6.79. The largest absolute Gasteiger partial charge is 0.457 e. The lowest BCUT2D eigenvalue weighted by atomic mass is 10.1. The number of morpholine rings is 1. The first-order valence-electron chi connectivity index (χ1n) is 8.11. The summed E-state index contributed by atoms with van der Waals surface area (Å²) in [5, 5.41) is 0. The highest BCUT2D eigenvalue weighted by Gasteiger charge is 2.36. The SMILES string of the molecule is C[C@H](OC(=O)c1ccccc1)[C@@H]1COCCN1C(=O)OC(C)(C)C. The van der Waals surface area contributed by atoms with Gasteiger partial charge < -0.3 is 14.2 Å². The van der Waals surface area contributed by atoms with Gasteiger partial charge in [-0.1, -0.05) is 18.2 Å². The zero-order valence-corrected chi connectivity index (χ0v) is 14.7. The monoisotopic (exact) mass is 335 g/mol. The molecule has 1 aromatic rings.